The summed E-state index contributed by atoms with van der Waals surface area (Å²) < 4.78 is 0. The van der Waals surface area contributed by atoms with Crippen molar-refractivity contribution in [1.82, 2.24) is 4.98 Å². The largest absolute Gasteiger partial charge is 0.330 e. The van der Waals surface area contributed by atoms with Crippen LogP contribution in [-0.2, 0) is 5.41 Å². The first-order valence-corrected chi connectivity index (χ1v) is 6.81. The molecule has 1 aromatic carbocycles. The predicted molar refractivity (Wildman–Crippen MR) is 75.7 cm³/mol. The van der Waals surface area contributed by atoms with Crippen LogP contribution in [0.15, 0.2) is 30.3 Å². The number of nitrogens with zero attached hydrogens (tertiary/aromatic N) is 1. The normalized spacial score (nSPS) is 17.7. The van der Waals surface area contributed by atoms with E-state index in [-0.39, 0.29) is 0 Å². The van der Waals surface area contributed by atoms with Gasteiger partial charge in [-0.15, -0.1) is 0 Å². The van der Waals surface area contributed by atoms with Crippen molar-refractivity contribution in [2.75, 3.05) is 6.54 Å². The molecule has 1 saturated carbocycles. The number of hydrogen-bond donors (Lipinski definition) is 1. The SMILES string of the molecule is Cc1ccc2cc(C3(CCN)CCC3)ccc2n1. The van der Waals surface area contributed by atoms with Gasteiger partial charge in [-0.25, -0.2) is 0 Å². The first kappa shape index (κ1) is 11.7. The number of hydrogen-bond acceptors (Lipinski definition) is 2. The van der Waals surface area contributed by atoms with E-state index in [4.69, 9.17) is 5.73 Å². The van der Waals surface area contributed by atoms with Gasteiger partial charge in [0, 0.05) is 11.1 Å². The Morgan fingerprint density at radius 3 is 2.72 bits per heavy atom. The molecule has 0 saturated heterocycles. The number of aryl methyl sites for hydroxylation is 1. The lowest BCUT2D eigenvalue weighted by Gasteiger charge is -2.42. The minimum Gasteiger partial charge on any atom is -0.330 e. The summed E-state index contributed by atoms with van der Waals surface area (Å²) in [5.74, 6) is 0. The number of aromatic nitrogens is 1. The van der Waals surface area contributed by atoms with Gasteiger partial charge in [-0.3, -0.25) is 4.98 Å². The first-order chi connectivity index (χ1) is 8.73. The highest BCUT2D eigenvalue weighted by atomic mass is 14.7. The maximum absolute atomic E-state index is 5.78. The minimum atomic E-state index is 0.355. The Labute approximate surface area is 108 Å². The van der Waals surface area contributed by atoms with Crippen molar-refractivity contribution in [3.05, 3.63) is 41.6 Å². The quantitative estimate of drug-likeness (QED) is 0.894. The number of fused-ring (bicyclic) bond motifs is 1. The summed E-state index contributed by atoms with van der Waals surface area (Å²) in [5.41, 5.74) is 9.77. The van der Waals surface area contributed by atoms with Gasteiger partial charge >= 0.3 is 0 Å². The number of rotatable bonds is 3. The highest BCUT2D eigenvalue weighted by molar-refractivity contribution is 5.79. The molecule has 0 unspecified atom stereocenters. The number of nitrogens with two attached hydrogens (primary N) is 1. The average molecular weight is 240 g/mol. The highest BCUT2D eigenvalue weighted by Crippen LogP contribution is 2.46. The summed E-state index contributed by atoms with van der Waals surface area (Å²) in [6, 6.07) is 11.0. The van der Waals surface area contributed by atoms with Crippen molar-refractivity contribution in [2.45, 2.75) is 38.0 Å². The second-order valence-corrected chi connectivity index (χ2v) is 5.53. The van der Waals surface area contributed by atoms with Crippen molar-refractivity contribution < 1.29 is 0 Å². The summed E-state index contributed by atoms with van der Waals surface area (Å²) in [6.07, 6.45) is 5.02. The Bertz CT molecular complexity index is 570. The topological polar surface area (TPSA) is 38.9 Å². The molecule has 2 aromatic rings. The molecule has 1 aliphatic carbocycles. The fourth-order valence-electron chi connectivity index (χ4n) is 3.12. The molecule has 2 N–H and O–H groups in total. The molecular weight excluding hydrogens is 220 g/mol. The van der Waals surface area contributed by atoms with Crippen molar-refractivity contribution in [3.8, 4) is 0 Å². The Hall–Kier alpha value is -1.41. The smallest absolute Gasteiger partial charge is 0.0705 e. The van der Waals surface area contributed by atoms with Gasteiger partial charge in [-0.1, -0.05) is 18.6 Å². The van der Waals surface area contributed by atoms with Gasteiger partial charge < -0.3 is 5.73 Å². The van der Waals surface area contributed by atoms with Crippen molar-refractivity contribution >= 4 is 10.9 Å². The van der Waals surface area contributed by atoms with Crippen LogP contribution in [0, 0.1) is 6.92 Å². The fraction of sp³-hybridized carbons (Fsp3) is 0.438. The van der Waals surface area contributed by atoms with Crippen LogP contribution in [0.5, 0.6) is 0 Å². The van der Waals surface area contributed by atoms with Gasteiger partial charge in [-0.2, -0.15) is 0 Å². The Kier molecular flexibility index (Phi) is 2.83. The van der Waals surface area contributed by atoms with Crippen LogP contribution < -0.4 is 5.73 Å². The molecule has 1 heterocycles. The molecule has 0 bridgehead atoms. The van der Waals surface area contributed by atoms with E-state index in [9.17, 15) is 0 Å². The Morgan fingerprint density at radius 2 is 2.06 bits per heavy atom. The van der Waals surface area contributed by atoms with Crippen LogP contribution in [0.1, 0.15) is 36.9 Å². The van der Waals surface area contributed by atoms with Crippen LogP contribution in [0.25, 0.3) is 10.9 Å². The average Bonchev–Trinajstić information content (AvgIpc) is 2.33. The Morgan fingerprint density at radius 1 is 1.22 bits per heavy atom. The van der Waals surface area contributed by atoms with E-state index in [1.54, 1.807) is 0 Å². The number of pyridine rings is 1. The number of benzene rings is 1. The van der Waals surface area contributed by atoms with E-state index < -0.39 is 0 Å². The third-order valence-corrected chi connectivity index (χ3v) is 4.37. The van der Waals surface area contributed by atoms with Gasteiger partial charge in [0.1, 0.15) is 0 Å². The van der Waals surface area contributed by atoms with Gasteiger partial charge in [0.25, 0.3) is 0 Å². The molecule has 0 spiro atoms. The molecule has 0 aliphatic heterocycles. The first-order valence-electron chi connectivity index (χ1n) is 6.81. The third kappa shape index (κ3) is 1.81. The summed E-state index contributed by atoms with van der Waals surface area (Å²) in [4.78, 5) is 4.56. The lowest BCUT2D eigenvalue weighted by molar-refractivity contribution is 0.229. The second kappa shape index (κ2) is 4.36. The molecule has 1 fully saturated rings. The standard InChI is InChI=1S/C16H20N2/c1-12-3-4-13-11-14(5-6-15(13)18-12)16(9-10-17)7-2-8-16/h3-6,11H,2,7-10,17H2,1H3. The zero-order valence-electron chi connectivity index (χ0n) is 10.9. The second-order valence-electron chi connectivity index (χ2n) is 5.53. The summed E-state index contributed by atoms with van der Waals surface area (Å²) >= 11 is 0. The monoisotopic (exact) mass is 240 g/mol. The van der Waals surface area contributed by atoms with E-state index in [2.05, 4.69) is 35.3 Å². The zero-order valence-corrected chi connectivity index (χ0v) is 10.9. The molecule has 0 atom stereocenters. The van der Waals surface area contributed by atoms with E-state index in [1.807, 2.05) is 6.92 Å². The maximum atomic E-state index is 5.78. The van der Waals surface area contributed by atoms with E-state index in [0.29, 0.717) is 5.41 Å². The zero-order chi connectivity index (χ0) is 12.6. The van der Waals surface area contributed by atoms with Crippen LogP contribution in [0.3, 0.4) is 0 Å². The molecule has 94 valence electrons. The van der Waals surface area contributed by atoms with Crippen molar-refractivity contribution in [1.29, 1.82) is 0 Å². The van der Waals surface area contributed by atoms with Crippen LogP contribution in [0.2, 0.25) is 0 Å². The lowest BCUT2D eigenvalue weighted by atomic mass is 9.62. The summed E-state index contributed by atoms with van der Waals surface area (Å²) in [5, 5.41) is 1.25. The Balaban J connectivity index is 2.05. The molecule has 18 heavy (non-hydrogen) atoms. The highest BCUT2D eigenvalue weighted by Gasteiger charge is 2.37. The van der Waals surface area contributed by atoms with Crippen molar-refractivity contribution in [3.63, 3.8) is 0 Å². The van der Waals surface area contributed by atoms with E-state index >= 15 is 0 Å². The lowest BCUT2D eigenvalue weighted by Crippen LogP contribution is -2.36. The molecule has 0 radical (unpaired) electrons. The fourth-order valence-corrected chi connectivity index (χ4v) is 3.12. The molecule has 0 amide bonds. The summed E-state index contributed by atoms with van der Waals surface area (Å²) in [6.45, 7) is 2.82. The van der Waals surface area contributed by atoms with Gasteiger partial charge in [-0.05, 0) is 61.9 Å². The third-order valence-electron chi connectivity index (χ3n) is 4.37. The van der Waals surface area contributed by atoms with Crippen LogP contribution in [-0.4, -0.2) is 11.5 Å². The van der Waals surface area contributed by atoms with Gasteiger partial charge in [0.2, 0.25) is 0 Å². The molecule has 2 nitrogen and oxygen atoms in total. The molecular formula is C16H20N2. The molecule has 3 rings (SSSR count). The molecule has 1 aromatic heterocycles. The molecule has 1 aliphatic rings. The summed E-state index contributed by atoms with van der Waals surface area (Å²) in [7, 11) is 0. The minimum absolute atomic E-state index is 0.355. The predicted octanol–water partition coefficient (Wildman–Crippen LogP) is 3.31. The van der Waals surface area contributed by atoms with Crippen molar-refractivity contribution in [2.24, 2.45) is 5.73 Å². The van der Waals surface area contributed by atoms with Crippen LogP contribution in [0.4, 0.5) is 0 Å². The van der Waals surface area contributed by atoms with E-state index in [0.717, 1.165) is 24.2 Å². The molecule has 2 heteroatoms. The van der Waals surface area contributed by atoms with Gasteiger partial charge in [0.05, 0.1) is 5.52 Å². The van der Waals surface area contributed by atoms with Crippen LogP contribution >= 0.6 is 0 Å². The van der Waals surface area contributed by atoms with Gasteiger partial charge in [0.15, 0.2) is 0 Å². The van der Waals surface area contributed by atoms with E-state index in [1.165, 1.54) is 30.2 Å². The maximum Gasteiger partial charge on any atom is 0.0705 e.